The highest BCUT2D eigenvalue weighted by molar-refractivity contribution is 8.23. The largest absolute Gasteiger partial charge is 0.341 e. The summed E-state index contributed by atoms with van der Waals surface area (Å²) in [7, 11) is 0. The third-order valence-corrected chi connectivity index (χ3v) is 2.38. The van der Waals surface area contributed by atoms with E-state index < -0.39 is 0 Å². The second-order valence-electron chi connectivity index (χ2n) is 2.23. The molecule has 4 heteroatoms. The van der Waals surface area contributed by atoms with Crippen LogP contribution in [0.4, 0.5) is 5.69 Å². The molecule has 0 fully saturated rings. The molecule has 74 valence electrons. The molecule has 1 aromatic carbocycles. The number of nitrogens with zero attached hydrogens (tertiary/aromatic N) is 1. The molecule has 0 atom stereocenters. The summed E-state index contributed by atoms with van der Waals surface area (Å²) in [5, 5.41) is 11.3. The Morgan fingerprint density at radius 1 is 1.43 bits per heavy atom. The van der Waals surface area contributed by atoms with Crippen molar-refractivity contribution in [3.63, 3.8) is 0 Å². The summed E-state index contributed by atoms with van der Waals surface area (Å²) in [5.41, 5.74) is 0.956. The molecule has 1 rings (SSSR count). The van der Waals surface area contributed by atoms with Crippen LogP contribution in [0.1, 0.15) is 7.43 Å². The Morgan fingerprint density at radius 2 is 2.07 bits per heavy atom. The zero-order valence-electron chi connectivity index (χ0n) is 6.86. The molecule has 0 aliphatic rings. The van der Waals surface area contributed by atoms with Gasteiger partial charge in [-0.3, -0.25) is 0 Å². The maximum atomic E-state index is 8.32. The van der Waals surface area contributed by atoms with Gasteiger partial charge in [0.2, 0.25) is 0 Å². The first kappa shape index (κ1) is 12.9. The molecule has 0 aromatic heterocycles. The highest BCUT2D eigenvalue weighted by Crippen LogP contribution is 2.10. The Labute approximate surface area is 94.3 Å². The molecule has 0 saturated carbocycles. The summed E-state index contributed by atoms with van der Waals surface area (Å²) < 4.78 is 0.632. The molecule has 0 spiro atoms. The molecule has 0 saturated heterocycles. The fourth-order valence-corrected chi connectivity index (χ4v) is 1.45. The lowest BCUT2D eigenvalue weighted by Gasteiger charge is -2.04. The van der Waals surface area contributed by atoms with E-state index in [-0.39, 0.29) is 7.43 Å². The van der Waals surface area contributed by atoms with Crippen LogP contribution in [0.5, 0.6) is 0 Å². The van der Waals surface area contributed by atoms with Crippen LogP contribution in [-0.2, 0) is 0 Å². The number of hydrogen-bond donors (Lipinski definition) is 1. The molecular weight excluding hydrogens is 212 g/mol. The number of rotatable bonds is 2. The molecule has 1 N–H and O–H groups in total. The Morgan fingerprint density at radius 3 is 2.64 bits per heavy atom. The lowest BCUT2D eigenvalue weighted by molar-refractivity contribution is 1.50. The van der Waals surface area contributed by atoms with Gasteiger partial charge in [0.15, 0.2) is 0 Å². The number of hydrogen-bond acceptors (Lipinski definition) is 3. The van der Waals surface area contributed by atoms with Crippen LogP contribution in [0.25, 0.3) is 0 Å². The van der Waals surface area contributed by atoms with E-state index in [0.29, 0.717) is 10.1 Å². The summed E-state index contributed by atoms with van der Waals surface area (Å²) in [5.74, 6) is 0.388. The van der Waals surface area contributed by atoms with Gasteiger partial charge in [-0.1, -0.05) is 49.6 Å². The van der Waals surface area contributed by atoms with Gasteiger partial charge in [0.05, 0.1) is 11.8 Å². The minimum Gasteiger partial charge on any atom is -0.341 e. The first-order chi connectivity index (χ1) is 6.33. The fraction of sp³-hybridized carbons (Fsp3) is 0.200. The number of nitrogens with one attached hydrogen (secondary N) is 1. The third-order valence-electron chi connectivity index (χ3n) is 1.29. The molecule has 0 bridgehead atoms. The molecular formula is C10H12N2S2. The summed E-state index contributed by atoms with van der Waals surface area (Å²) in [6.45, 7) is 0. The normalized spacial score (nSPS) is 8.21. The third kappa shape index (κ3) is 4.85. The van der Waals surface area contributed by atoms with E-state index in [1.54, 1.807) is 0 Å². The maximum absolute atomic E-state index is 8.32. The molecule has 0 aliphatic heterocycles. The van der Waals surface area contributed by atoms with E-state index in [2.05, 4.69) is 5.32 Å². The zero-order chi connectivity index (χ0) is 9.52. The number of thiocarbonyl (C=S) groups is 1. The smallest absolute Gasteiger partial charge is 0.139 e. The first-order valence-corrected chi connectivity index (χ1v) is 5.08. The van der Waals surface area contributed by atoms with E-state index in [9.17, 15) is 0 Å². The van der Waals surface area contributed by atoms with Crippen molar-refractivity contribution in [2.45, 2.75) is 7.43 Å². The van der Waals surface area contributed by atoms with Crippen molar-refractivity contribution in [1.29, 1.82) is 5.26 Å². The Balaban J connectivity index is 0.00000169. The van der Waals surface area contributed by atoms with Gasteiger partial charge in [-0.15, -0.1) is 0 Å². The number of para-hydroxylation sites is 1. The number of anilines is 1. The van der Waals surface area contributed by atoms with Gasteiger partial charge in [-0.05, 0) is 12.1 Å². The lowest BCUT2D eigenvalue weighted by atomic mass is 10.3. The van der Waals surface area contributed by atoms with Crippen LogP contribution in [0, 0.1) is 11.3 Å². The molecule has 0 heterocycles. The van der Waals surface area contributed by atoms with Crippen LogP contribution >= 0.6 is 24.0 Å². The number of benzene rings is 1. The molecule has 0 aliphatic carbocycles. The second-order valence-corrected chi connectivity index (χ2v) is 3.88. The minimum atomic E-state index is 0. The maximum Gasteiger partial charge on any atom is 0.139 e. The Bertz CT molecular complexity index is 317. The summed E-state index contributed by atoms with van der Waals surface area (Å²) >= 11 is 6.33. The van der Waals surface area contributed by atoms with E-state index in [1.165, 1.54) is 11.8 Å². The molecule has 0 unspecified atom stereocenters. The van der Waals surface area contributed by atoms with E-state index in [4.69, 9.17) is 17.5 Å². The van der Waals surface area contributed by atoms with Crippen molar-refractivity contribution in [1.82, 2.24) is 0 Å². The standard InChI is InChI=1S/C9H8N2S2.CH4/c10-6-7-13-9(12)11-8-4-2-1-3-5-8;/h1-5H,7H2,(H,11,12);1H4. The first-order valence-electron chi connectivity index (χ1n) is 3.68. The molecule has 0 amide bonds. The second kappa shape index (κ2) is 7.36. The van der Waals surface area contributed by atoms with E-state index in [1.807, 2.05) is 36.4 Å². The zero-order valence-corrected chi connectivity index (χ0v) is 8.49. The van der Waals surface area contributed by atoms with Gasteiger partial charge in [0, 0.05) is 5.69 Å². The minimum absolute atomic E-state index is 0. The lowest BCUT2D eigenvalue weighted by Crippen LogP contribution is -2.04. The van der Waals surface area contributed by atoms with Crippen molar-refractivity contribution in [2.75, 3.05) is 11.1 Å². The van der Waals surface area contributed by atoms with Crippen molar-refractivity contribution >= 4 is 34.0 Å². The van der Waals surface area contributed by atoms with Crippen molar-refractivity contribution < 1.29 is 0 Å². The van der Waals surface area contributed by atoms with E-state index in [0.717, 1.165) is 5.69 Å². The number of nitriles is 1. The summed E-state index contributed by atoms with van der Waals surface area (Å²) in [4.78, 5) is 0. The highest BCUT2D eigenvalue weighted by atomic mass is 32.2. The van der Waals surface area contributed by atoms with Crippen molar-refractivity contribution in [3.05, 3.63) is 30.3 Å². The molecule has 0 radical (unpaired) electrons. The Hall–Kier alpha value is -1.05. The molecule has 2 nitrogen and oxygen atoms in total. The van der Waals surface area contributed by atoms with Gasteiger partial charge in [0.25, 0.3) is 0 Å². The predicted octanol–water partition coefficient (Wildman–Crippen LogP) is 3.28. The Kier molecular flexibility index (Phi) is 6.81. The number of thioether (sulfide) groups is 1. The van der Waals surface area contributed by atoms with Crippen LogP contribution in [0.2, 0.25) is 0 Å². The van der Waals surface area contributed by atoms with E-state index >= 15 is 0 Å². The van der Waals surface area contributed by atoms with Gasteiger partial charge < -0.3 is 5.32 Å². The average molecular weight is 224 g/mol. The van der Waals surface area contributed by atoms with Crippen LogP contribution in [0.15, 0.2) is 30.3 Å². The monoisotopic (exact) mass is 224 g/mol. The van der Waals surface area contributed by atoms with Crippen LogP contribution in [0.3, 0.4) is 0 Å². The summed E-state index contributed by atoms with van der Waals surface area (Å²) in [6.07, 6.45) is 0. The SMILES string of the molecule is C.N#CCSC(=S)Nc1ccccc1. The van der Waals surface area contributed by atoms with Gasteiger partial charge >= 0.3 is 0 Å². The topological polar surface area (TPSA) is 35.8 Å². The predicted molar refractivity (Wildman–Crippen MR) is 67.5 cm³/mol. The van der Waals surface area contributed by atoms with Crippen molar-refractivity contribution in [2.24, 2.45) is 0 Å². The van der Waals surface area contributed by atoms with Gasteiger partial charge in [-0.25, -0.2) is 0 Å². The van der Waals surface area contributed by atoms with Crippen LogP contribution < -0.4 is 5.32 Å². The molecule has 14 heavy (non-hydrogen) atoms. The highest BCUT2D eigenvalue weighted by Gasteiger charge is 1.96. The average Bonchev–Trinajstić information content (AvgIpc) is 2.16. The molecule has 1 aromatic rings. The fourth-order valence-electron chi connectivity index (χ4n) is 0.773. The van der Waals surface area contributed by atoms with Crippen LogP contribution in [-0.4, -0.2) is 10.1 Å². The van der Waals surface area contributed by atoms with Gasteiger partial charge in [-0.2, -0.15) is 5.26 Å². The summed E-state index contributed by atoms with van der Waals surface area (Å²) in [6, 6.07) is 11.7. The van der Waals surface area contributed by atoms with Gasteiger partial charge in [0.1, 0.15) is 4.32 Å². The van der Waals surface area contributed by atoms with Crippen molar-refractivity contribution in [3.8, 4) is 6.07 Å². The quantitative estimate of drug-likeness (QED) is 0.782.